The minimum atomic E-state index is 0.428. The predicted molar refractivity (Wildman–Crippen MR) is 70.7 cm³/mol. The van der Waals surface area contributed by atoms with Crippen LogP contribution in [0.4, 0.5) is 0 Å². The quantitative estimate of drug-likeness (QED) is 0.750. The highest BCUT2D eigenvalue weighted by atomic mass is 32.1. The maximum absolute atomic E-state index is 5.51. The predicted octanol–water partition coefficient (Wildman–Crippen LogP) is 2.82. The maximum atomic E-state index is 5.51. The molecule has 2 N–H and O–H groups in total. The van der Waals surface area contributed by atoms with Crippen molar-refractivity contribution in [1.29, 1.82) is 0 Å². The van der Waals surface area contributed by atoms with Gasteiger partial charge in [0.15, 0.2) is 0 Å². The summed E-state index contributed by atoms with van der Waals surface area (Å²) in [5.74, 6) is 0. The van der Waals surface area contributed by atoms with E-state index in [0.29, 0.717) is 6.54 Å². The van der Waals surface area contributed by atoms with Crippen LogP contribution in [0.3, 0.4) is 0 Å². The molecule has 0 unspecified atom stereocenters. The monoisotopic (exact) mass is 241 g/mol. The molecule has 3 nitrogen and oxygen atoms in total. The summed E-state index contributed by atoms with van der Waals surface area (Å²) in [4.78, 5) is 8.68. The number of thiophene rings is 1. The lowest BCUT2D eigenvalue weighted by Gasteiger charge is -2.00. The molecule has 84 valence electrons. The van der Waals surface area contributed by atoms with Crippen molar-refractivity contribution in [1.82, 2.24) is 9.97 Å². The number of rotatable bonds is 2. The molecule has 2 heterocycles. The van der Waals surface area contributed by atoms with E-state index >= 15 is 0 Å². The Bertz CT molecular complexity index is 643. The Morgan fingerprint density at radius 1 is 1.12 bits per heavy atom. The molecule has 0 aliphatic carbocycles. The number of hydrogen-bond acceptors (Lipinski definition) is 4. The van der Waals surface area contributed by atoms with E-state index in [1.807, 2.05) is 12.1 Å². The highest BCUT2D eigenvalue weighted by molar-refractivity contribution is 7.17. The molecule has 0 aliphatic heterocycles. The van der Waals surface area contributed by atoms with Crippen molar-refractivity contribution in [2.24, 2.45) is 5.73 Å². The molecule has 3 aromatic rings. The van der Waals surface area contributed by atoms with Gasteiger partial charge in [-0.1, -0.05) is 18.2 Å². The first-order chi connectivity index (χ1) is 8.38. The van der Waals surface area contributed by atoms with Crippen molar-refractivity contribution in [2.75, 3.05) is 0 Å². The van der Waals surface area contributed by atoms with Crippen LogP contribution in [0, 0.1) is 0 Å². The molecule has 0 saturated carbocycles. The van der Waals surface area contributed by atoms with Crippen molar-refractivity contribution in [3.8, 4) is 11.3 Å². The summed E-state index contributed by atoms with van der Waals surface area (Å²) >= 11 is 1.73. The molecule has 0 atom stereocenters. The molecule has 0 spiro atoms. The first kappa shape index (κ1) is 10.4. The van der Waals surface area contributed by atoms with Crippen LogP contribution in [0.15, 0.2) is 42.0 Å². The second-order valence-electron chi connectivity index (χ2n) is 3.74. The normalized spacial score (nSPS) is 10.9. The molecular weight excluding hydrogens is 230 g/mol. The number of nitrogens with zero attached hydrogens (tertiary/aromatic N) is 2. The van der Waals surface area contributed by atoms with Gasteiger partial charge in [0.1, 0.15) is 0 Å². The van der Waals surface area contributed by atoms with Crippen molar-refractivity contribution >= 4 is 21.4 Å². The number of fused-ring (bicyclic) bond motifs is 1. The van der Waals surface area contributed by atoms with Crippen LogP contribution in [0.25, 0.3) is 21.3 Å². The topological polar surface area (TPSA) is 51.8 Å². The summed E-state index contributed by atoms with van der Waals surface area (Å²) in [5.41, 5.74) is 8.36. The van der Waals surface area contributed by atoms with Gasteiger partial charge in [0.2, 0.25) is 0 Å². The van der Waals surface area contributed by atoms with Gasteiger partial charge in [0.05, 0.1) is 23.8 Å². The Hall–Kier alpha value is -1.78. The lowest BCUT2D eigenvalue weighted by Crippen LogP contribution is -2.00. The molecule has 4 heteroatoms. The van der Waals surface area contributed by atoms with Crippen LogP contribution in [-0.2, 0) is 6.54 Å². The molecule has 0 saturated heterocycles. The van der Waals surface area contributed by atoms with Crippen LogP contribution in [-0.4, -0.2) is 9.97 Å². The van der Waals surface area contributed by atoms with Crippen LogP contribution in [0.1, 0.15) is 5.69 Å². The minimum absolute atomic E-state index is 0.428. The zero-order valence-electron chi connectivity index (χ0n) is 9.13. The van der Waals surface area contributed by atoms with Gasteiger partial charge in [-0.3, -0.25) is 9.97 Å². The van der Waals surface area contributed by atoms with Crippen molar-refractivity contribution in [3.05, 3.63) is 47.7 Å². The Morgan fingerprint density at radius 2 is 2.00 bits per heavy atom. The van der Waals surface area contributed by atoms with Gasteiger partial charge < -0.3 is 5.73 Å². The van der Waals surface area contributed by atoms with Gasteiger partial charge in [-0.15, -0.1) is 11.3 Å². The fraction of sp³-hybridized carbons (Fsp3) is 0.0769. The Balaban J connectivity index is 2.13. The Kier molecular flexibility index (Phi) is 2.59. The fourth-order valence-corrected chi connectivity index (χ4v) is 2.73. The maximum Gasteiger partial charge on any atom is 0.0900 e. The second-order valence-corrected chi connectivity index (χ2v) is 4.65. The van der Waals surface area contributed by atoms with Crippen molar-refractivity contribution < 1.29 is 0 Å². The van der Waals surface area contributed by atoms with Gasteiger partial charge in [0, 0.05) is 27.6 Å². The van der Waals surface area contributed by atoms with Gasteiger partial charge in [-0.25, -0.2) is 0 Å². The largest absolute Gasteiger partial charge is 0.325 e. The summed E-state index contributed by atoms with van der Waals surface area (Å²) < 4.78 is 1.27. The van der Waals surface area contributed by atoms with Crippen LogP contribution >= 0.6 is 11.3 Å². The summed E-state index contributed by atoms with van der Waals surface area (Å²) in [5, 5.41) is 3.35. The summed E-state index contributed by atoms with van der Waals surface area (Å²) in [7, 11) is 0. The smallest absolute Gasteiger partial charge is 0.0900 e. The molecular formula is C13H11N3S. The average Bonchev–Trinajstić information content (AvgIpc) is 2.83. The third kappa shape index (κ3) is 1.81. The van der Waals surface area contributed by atoms with Crippen molar-refractivity contribution in [3.63, 3.8) is 0 Å². The van der Waals surface area contributed by atoms with Crippen LogP contribution in [0.2, 0.25) is 0 Å². The summed E-state index contributed by atoms with van der Waals surface area (Å²) in [6.45, 7) is 0.428. The van der Waals surface area contributed by atoms with E-state index in [4.69, 9.17) is 5.73 Å². The molecule has 0 fully saturated rings. The Morgan fingerprint density at radius 3 is 2.76 bits per heavy atom. The average molecular weight is 241 g/mol. The number of hydrogen-bond donors (Lipinski definition) is 1. The molecule has 1 aromatic carbocycles. The van der Waals surface area contributed by atoms with E-state index in [9.17, 15) is 0 Å². The highest BCUT2D eigenvalue weighted by Crippen LogP contribution is 2.32. The lowest BCUT2D eigenvalue weighted by atomic mass is 10.1. The molecule has 17 heavy (non-hydrogen) atoms. The Labute approximate surface area is 103 Å². The molecule has 3 rings (SSSR count). The minimum Gasteiger partial charge on any atom is -0.325 e. The lowest BCUT2D eigenvalue weighted by molar-refractivity contribution is 0.966. The molecule has 0 aliphatic rings. The molecule has 0 amide bonds. The van der Waals surface area contributed by atoms with Crippen LogP contribution < -0.4 is 5.73 Å². The van der Waals surface area contributed by atoms with E-state index in [1.54, 1.807) is 23.7 Å². The number of nitrogens with two attached hydrogens (primary N) is 1. The molecule has 2 aromatic heterocycles. The third-order valence-corrected chi connectivity index (χ3v) is 3.63. The first-order valence-corrected chi connectivity index (χ1v) is 6.24. The van der Waals surface area contributed by atoms with Gasteiger partial charge in [0.25, 0.3) is 0 Å². The van der Waals surface area contributed by atoms with Gasteiger partial charge in [-0.2, -0.15) is 0 Å². The highest BCUT2D eigenvalue weighted by Gasteiger charge is 2.07. The van der Waals surface area contributed by atoms with E-state index < -0.39 is 0 Å². The first-order valence-electron chi connectivity index (χ1n) is 5.36. The summed E-state index contributed by atoms with van der Waals surface area (Å²) in [6.07, 6.45) is 3.53. The second kappa shape index (κ2) is 4.24. The zero-order valence-corrected chi connectivity index (χ0v) is 9.95. The molecule has 0 radical (unpaired) electrons. The fourth-order valence-electron chi connectivity index (χ4n) is 1.78. The van der Waals surface area contributed by atoms with Crippen molar-refractivity contribution in [2.45, 2.75) is 6.54 Å². The number of benzene rings is 1. The van der Waals surface area contributed by atoms with Gasteiger partial charge >= 0.3 is 0 Å². The standard InChI is InChI=1S/C13H11N3S/c14-5-9-6-16-12(7-15-9)11-8-17-13-4-2-1-3-10(11)13/h1-4,6-8H,5,14H2. The van der Waals surface area contributed by atoms with E-state index in [-0.39, 0.29) is 0 Å². The van der Waals surface area contributed by atoms with E-state index in [2.05, 4.69) is 27.5 Å². The van der Waals surface area contributed by atoms with E-state index in [0.717, 1.165) is 17.0 Å². The molecule has 0 bridgehead atoms. The SMILES string of the molecule is NCc1cnc(-c2csc3ccccc23)cn1. The zero-order chi connectivity index (χ0) is 11.7. The summed E-state index contributed by atoms with van der Waals surface area (Å²) in [6, 6.07) is 8.32. The van der Waals surface area contributed by atoms with Gasteiger partial charge in [-0.05, 0) is 6.07 Å². The third-order valence-electron chi connectivity index (χ3n) is 2.67. The van der Waals surface area contributed by atoms with Crippen LogP contribution in [0.5, 0.6) is 0 Å². The van der Waals surface area contributed by atoms with E-state index in [1.165, 1.54) is 10.1 Å². The number of aromatic nitrogens is 2.